The van der Waals surface area contributed by atoms with Crippen molar-refractivity contribution in [3.05, 3.63) is 52.7 Å². The van der Waals surface area contributed by atoms with Gasteiger partial charge in [-0.15, -0.1) is 11.8 Å². The number of pyridine rings is 1. The fraction of sp³-hybridized carbons (Fsp3) is 0.267. The smallest absolute Gasteiger partial charge is 0.136 e. The van der Waals surface area contributed by atoms with Crippen molar-refractivity contribution in [3.63, 3.8) is 0 Å². The number of halogens is 3. The van der Waals surface area contributed by atoms with E-state index in [4.69, 9.17) is 11.6 Å². The monoisotopic (exact) mass is 328 g/mol. The maximum atomic E-state index is 13.6. The van der Waals surface area contributed by atoms with Crippen molar-refractivity contribution in [1.29, 1.82) is 0 Å². The third-order valence-electron chi connectivity index (χ3n) is 2.73. The average Bonchev–Trinajstić information content (AvgIpc) is 2.48. The van der Waals surface area contributed by atoms with E-state index in [1.807, 2.05) is 0 Å². The summed E-state index contributed by atoms with van der Waals surface area (Å²) in [5, 5.41) is 3.68. The lowest BCUT2D eigenvalue weighted by atomic mass is 10.3. The third kappa shape index (κ3) is 4.58. The minimum atomic E-state index is -0.462. The fourth-order valence-electron chi connectivity index (χ4n) is 1.67. The number of nitrogens with zero attached hydrogens (tertiary/aromatic N) is 1. The molecule has 0 amide bonds. The van der Waals surface area contributed by atoms with Crippen molar-refractivity contribution >= 4 is 29.2 Å². The normalized spacial score (nSPS) is 10.7. The van der Waals surface area contributed by atoms with Crippen LogP contribution < -0.4 is 5.32 Å². The number of benzene rings is 1. The van der Waals surface area contributed by atoms with Crippen LogP contribution in [-0.2, 0) is 5.75 Å². The van der Waals surface area contributed by atoms with Gasteiger partial charge in [-0.1, -0.05) is 18.5 Å². The molecule has 0 atom stereocenters. The van der Waals surface area contributed by atoms with Gasteiger partial charge in [0.2, 0.25) is 0 Å². The van der Waals surface area contributed by atoms with Gasteiger partial charge in [0.1, 0.15) is 17.5 Å². The quantitative estimate of drug-likeness (QED) is 0.744. The lowest BCUT2D eigenvalue weighted by Gasteiger charge is -2.08. The van der Waals surface area contributed by atoms with Gasteiger partial charge in [0.25, 0.3) is 0 Å². The second-order valence-corrected chi connectivity index (χ2v) is 5.84. The summed E-state index contributed by atoms with van der Waals surface area (Å²) < 4.78 is 26.7. The first-order valence-corrected chi connectivity index (χ1v) is 7.93. The first-order valence-electron chi connectivity index (χ1n) is 6.57. The Morgan fingerprint density at radius 3 is 2.81 bits per heavy atom. The van der Waals surface area contributed by atoms with Gasteiger partial charge in [-0.3, -0.25) is 0 Å². The summed E-state index contributed by atoms with van der Waals surface area (Å²) >= 11 is 7.27. The SMILES string of the molecule is CCCNc1ccc(Cl)c(CSc2cc(F)ccc2F)n1. The van der Waals surface area contributed by atoms with Crippen molar-refractivity contribution in [3.8, 4) is 0 Å². The van der Waals surface area contributed by atoms with E-state index >= 15 is 0 Å². The molecular formula is C15H15ClF2N2S. The number of rotatable bonds is 6. The van der Waals surface area contributed by atoms with Crippen LogP contribution in [0, 0.1) is 11.6 Å². The zero-order valence-corrected chi connectivity index (χ0v) is 13.1. The van der Waals surface area contributed by atoms with E-state index in [9.17, 15) is 8.78 Å². The lowest BCUT2D eigenvalue weighted by Crippen LogP contribution is -2.03. The van der Waals surface area contributed by atoms with Crippen LogP contribution in [0.25, 0.3) is 0 Å². The maximum absolute atomic E-state index is 13.6. The summed E-state index contributed by atoms with van der Waals surface area (Å²) in [6.07, 6.45) is 0.989. The van der Waals surface area contributed by atoms with Gasteiger partial charge >= 0.3 is 0 Å². The molecule has 0 saturated carbocycles. The van der Waals surface area contributed by atoms with Crippen LogP contribution in [0.2, 0.25) is 5.02 Å². The molecule has 6 heteroatoms. The predicted octanol–water partition coefficient (Wildman–Crippen LogP) is 5.13. The predicted molar refractivity (Wildman–Crippen MR) is 83.9 cm³/mol. The Hall–Kier alpha value is -1.33. The topological polar surface area (TPSA) is 24.9 Å². The molecule has 1 N–H and O–H groups in total. The molecule has 0 bridgehead atoms. The standard InChI is InChI=1S/C15H15ClF2N2S/c1-2-7-19-15-6-4-11(16)13(20-15)9-21-14-8-10(17)3-5-12(14)18/h3-6,8H,2,7,9H2,1H3,(H,19,20). The van der Waals surface area contributed by atoms with Crippen LogP contribution >= 0.6 is 23.4 Å². The molecular weight excluding hydrogens is 314 g/mol. The van der Waals surface area contributed by atoms with E-state index in [0.29, 0.717) is 16.5 Å². The molecule has 2 rings (SSSR count). The molecule has 1 aromatic carbocycles. The molecule has 0 fully saturated rings. The Labute approximate surface area is 131 Å². The Morgan fingerprint density at radius 2 is 2.05 bits per heavy atom. The minimum Gasteiger partial charge on any atom is -0.370 e. The molecule has 21 heavy (non-hydrogen) atoms. The van der Waals surface area contributed by atoms with Crippen molar-refractivity contribution in [2.45, 2.75) is 24.0 Å². The molecule has 1 heterocycles. The highest BCUT2D eigenvalue weighted by Crippen LogP contribution is 2.28. The highest BCUT2D eigenvalue weighted by Gasteiger charge is 2.09. The van der Waals surface area contributed by atoms with Crippen LogP contribution in [0.5, 0.6) is 0 Å². The van der Waals surface area contributed by atoms with E-state index in [1.165, 1.54) is 17.8 Å². The van der Waals surface area contributed by atoms with Gasteiger partial charge in [-0.2, -0.15) is 0 Å². The lowest BCUT2D eigenvalue weighted by molar-refractivity contribution is 0.577. The Morgan fingerprint density at radius 1 is 1.24 bits per heavy atom. The zero-order chi connectivity index (χ0) is 15.2. The van der Waals surface area contributed by atoms with Gasteiger partial charge in [-0.25, -0.2) is 13.8 Å². The number of hydrogen-bond acceptors (Lipinski definition) is 3. The molecule has 0 aliphatic heterocycles. The molecule has 0 aliphatic rings. The molecule has 0 aliphatic carbocycles. The Bertz CT molecular complexity index is 623. The van der Waals surface area contributed by atoms with Crippen LogP contribution in [0.3, 0.4) is 0 Å². The van der Waals surface area contributed by atoms with E-state index in [0.717, 1.165) is 30.9 Å². The van der Waals surface area contributed by atoms with Gasteiger partial charge in [0.15, 0.2) is 0 Å². The summed E-state index contributed by atoms with van der Waals surface area (Å²) in [7, 11) is 0. The van der Waals surface area contributed by atoms with E-state index in [-0.39, 0.29) is 4.90 Å². The molecule has 0 unspecified atom stereocenters. The van der Waals surface area contributed by atoms with E-state index in [1.54, 1.807) is 12.1 Å². The van der Waals surface area contributed by atoms with Crippen LogP contribution in [0.15, 0.2) is 35.2 Å². The fourth-order valence-corrected chi connectivity index (χ4v) is 2.84. The minimum absolute atomic E-state index is 0.250. The summed E-state index contributed by atoms with van der Waals surface area (Å²) in [5.41, 5.74) is 0.645. The first-order chi connectivity index (χ1) is 10.1. The second-order valence-electron chi connectivity index (χ2n) is 4.42. The number of anilines is 1. The van der Waals surface area contributed by atoms with Crippen molar-refractivity contribution in [2.24, 2.45) is 0 Å². The van der Waals surface area contributed by atoms with Crippen molar-refractivity contribution < 1.29 is 8.78 Å². The van der Waals surface area contributed by atoms with Crippen LogP contribution in [0.1, 0.15) is 19.0 Å². The Kier molecular flexibility index (Phi) is 5.82. The number of nitrogens with one attached hydrogen (secondary N) is 1. The first kappa shape index (κ1) is 16.0. The molecule has 1 aromatic heterocycles. The average molecular weight is 329 g/mol. The van der Waals surface area contributed by atoms with Crippen LogP contribution in [-0.4, -0.2) is 11.5 Å². The number of aromatic nitrogens is 1. The van der Waals surface area contributed by atoms with Crippen LogP contribution in [0.4, 0.5) is 14.6 Å². The largest absolute Gasteiger partial charge is 0.370 e. The summed E-state index contributed by atoms with van der Waals surface area (Å²) in [6.45, 7) is 2.88. The van der Waals surface area contributed by atoms with Crippen molar-refractivity contribution in [2.75, 3.05) is 11.9 Å². The van der Waals surface area contributed by atoms with Gasteiger partial charge in [0, 0.05) is 17.2 Å². The highest BCUT2D eigenvalue weighted by atomic mass is 35.5. The van der Waals surface area contributed by atoms with Crippen molar-refractivity contribution in [1.82, 2.24) is 4.98 Å². The second kappa shape index (κ2) is 7.61. The molecule has 0 spiro atoms. The summed E-state index contributed by atoms with van der Waals surface area (Å²) in [6, 6.07) is 6.94. The van der Waals surface area contributed by atoms with Gasteiger partial charge in [-0.05, 0) is 36.8 Å². The van der Waals surface area contributed by atoms with E-state index in [2.05, 4.69) is 17.2 Å². The van der Waals surface area contributed by atoms with Gasteiger partial charge < -0.3 is 5.32 Å². The molecule has 112 valence electrons. The van der Waals surface area contributed by atoms with Gasteiger partial charge in [0.05, 0.1) is 10.7 Å². The number of thioether (sulfide) groups is 1. The molecule has 2 nitrogen and oxygen atoms in total. The molecule has 0 saturated heterocycles. The molecule has 2 aromatic rings. The third-order valence-corrected chi connectivity index (χ3v) is 4.12. The maximum Gasteiger partial charge on any atom is 0.136 e. The number of hydrogen-bond donors (Lipinski definition) is 1. The van der Waals surface area contributed by atoms with E-state index < -0.39 is 11.6 Å². The Balaban J connectivity index is 2.10. The molecule has 0 radical (unpaired) electrons. The highest BCUT2D eigenvalue weighted by molar-refractivity contribution is 7.98. The summed E-state index contributed by atoms with van der Waals surface area (Å²) in [5.74, 6) is 0.201. The summed E-state index contributed by atoms with van der Waals surface area (Å²) in [4.78, 5) is 4.65. The zero-order valence-electron chi connectivity index (χ0n) is 11.5.